The van der Waals surface area contributed by atoms with Crippen molar-refractivity contribution in [2.24, 2.45) is 0 Å². The van der Waals surface area contributed by atoms with E-state index in [0.717, 1.165) is 75.2 Å². The molecule has 0 saturated carbocycles. The van der Waals surface area contributed by atoms with E-state index in [1.807, 2.05) is 62.5 Å². The highest BCUT2D eigenvalue weighted by Crippen LogP contribution is 2.32. The number of ether oxygens (including phenoxy) is 1. The minimum absolute atomic E-state index is 0.182. The molecule has 1 fully saturated rings. The maximum atomic E-state index is 6.37. The van der Waals surface area contributed by atoms with Gasteiger partial charge in [-0.1, -0.05) is 6.58 Å². The van der Waals surface area contributed by atoms with Crippen LogP contribution in [0.4, 0.5) is 39.8 Å². The second-order valence-electron chi connectivity index (χ2n) is 11.8. The summed E-state index contributed by atoms with van der Waals surface area (Å²) < 4.78 is 5.92. The van der Waals surface area contributed by atoms with Crippen LogP contribution >= 0.6 is 0 Å². The molecule has 1 aliphatic heterocycles. The van der Waals surface area contributed by atoms with Crippen LogP contribution in [0.15, 0.2) is 85.7 Å². The number of fused-ring (bicyclic) bond motifs is 1. The van der Waals surface area contributed by atoms with E-state index in [4.69, 9.17) is 15.5 Å². The second-order valence-corrected chi connectivity index (χ2v) is 11.8. The third-order valence-corrected chi connectivity index (χ3v) is 7.59. The van der Waals surface area contributed by atoms with Crippen LogP contribution in [-0.4, -0.2) is 40.2 Å². The first kappa shape index (κ1) is 28.9. The van der Waals surface area contributed by atoms with Gasteiger partial charge in [-0.05, 0) is 94.4 Å². The minimum Gasteiger partial charge on any atom is -0.397 e. The minimum atomic E-state index is -0.182. The van der Waals surface area contributed by atoms with Crippen LogP contribution in [0.1, 0.15) is 30.9 Å². The van der Waals surface area contributed by atoms with Gasteiger partial charge in [0, 0.05) is 58.8 Å². The number of morpholine rings is 1. The molecule has 44 heavy (non-hydrogen) atoms. The summed E-state index contributed by atoms with van der Waals surface area (Å²) in [6.07, 6.45) is 3.59. The quantitative estimate of drug-likeness (QED) is 0.138. The summed E-state index contributed by atoms with van der Waals surface area (Å²) in [5.41, 5.74) is 16.6. The first-order valence-electron chi connectivity index (χ1n) is 14.7. The molecular formula is C35H38N8O. The SMILES string of the molecule is C=C(Nc1ccc(Nc2ccnc(C)c2)cc1N)c1ccc(Nc2cc(C)nc3ccc(N4CCOC(C)(C)C4)cc23)cn1. The standard InChI is InChI=1S/C35H38N8O/c1-22-16-26(12-13-37-22)41-25-6-10-33(30(36)18-25)40-24(3)31-9-7-27(20-38-31)42-34-17-23(2)39-32-11-8-28(19-29(32)34)43-14-15-44-35(4,5)21-43/h6-13,16-20,40H,3,14-15,21,36H2,1-2,4-5H3,(H,37,41)(H,39,42). The number of pyridine rings is 3. The van der Waals surface area contributed by atoms with Crippen LogP contribution in [0.25, 0.3) is 16.6 Å². The predicted molar refractivity (Wildman–Crippen MR) is 182 cm³/mol. The molecule has 0 spiro atoms. The van der Waals surface area contributed by atoms with Gasteiger partial charge in [-0.3, -0.25) is 15.0 Å². The molecule has 9 heteroatoms. The fourth-order valence-electron chi connectivity index (χ4n) is 5.46. The number of nitrogens with one attached hydrogen (secondary N) is 3. The Morgan fingerprint density at radius 3 is 2.45 bits per heavy atom. The van der Waals surface area contributed by atoms with Crippen LogP contribution < -0.4 is 26.6 Å². The average Bonchev–Trinajstić information content (AvgIpc) is 2.98. The zero-order valence-electron chi connectivity index (χ0n) is 25.6. The van der Waals surface area contributed by atoms with Crippen molar-refractivity contribution in [3.05, 3.63) is 103 Å². The summed E-state index contributed by atoms with van der Waals surface area (Å²) in [4.78, 5) is 16.1. The largest absolute Gasteiger partial charge is 0.397 e. The Morgan fingerprint density at radius 1 is 0.886 bits per heavy atom. The van der Waals surface area contributed by atoms with E-state index in [9.17, 15) is 0 Å². The number of nitrogens with two attached hydrogens (primary N) is 1. The molecule has 4 heterocycles. The zero-order valence-corrected chi connectivity index (χ0v) is 25.6. The van der Waals surface area contributed by atoms with Crippen molar-refractivity contribution in [3.63, 3.8) is 0 Å². The summed E-state index contributed by atoms with van der Waals surface area (Å²) in [5.74, 6) is 0. The number of nitrogens with zero attached hydrogens (tertiary/aromatic N) is 4. The van der Waals surface area contributed by atoms with Gasteiger partial charge in [-0.25, -0.2) is 0 Å². The van der Waals surface area contributed by atoms with Crippen molar-refractivity contribution in [2.75, 3.05) is 46.3 Å². The number of nitrogen functional groups attached to an aromatic ring is 1. The number of benzene rings is 2. The van der Waals surface area contributed by atoms with Crippen molar-refractivity contribution >= 4 is 56.4 Å². The van der Waals surface area contributed by atoms with Crippen molar-refractivity contribution in [1.29, 1.82) is 0 Å². The molecule has 9 nitrogen and oxygen atoms in total. The van der Waals surface area contributed by atoms with Crippen LogP contribution in [-0.2, 0) is 4.74 Å². The van der Waals surface area contributed by atoms with Crippen LogP contribution in [0.3, 0.4) is 0 Å². The highest BCUT2D eigenvalue weighted by molar-refractivity contribution is 5.95. The van der Waals surface area contributed by atoms with Crippen LogP contribution in [0.5, 0.6) is 0 Å². The number of aromatic nitrogens is 3. The lowest BCUT2D eigenvalue weighted by Crippen LogP contribution is -2.48. The van der Waals surface area contributed by atoms with E-state index in [1.54, 1.807) is 6.20 Å². The molecular weight excluding hydrogens is 548 g/mol. The number of aryl methyl sites for hydroxylation is 2. The van der Waals surface area contributed by atoms with E-state index in [0.29, 0.717) is 18.0 Å². The van der Waals surface area contributed by atoms with E-state index >= 15 is 0 Å². The first-order chi connectivity index (χ1) is 21.1. The summed E-state index contributed by atoms with van der Waals surface area (Å²) in [5, 5.41) is 11.3. The maximum Gasteiger partial charge on any atom is 0.0859 e. The predicted octanol–water partition coefficient (Wildman–Crippen LogP) is 7.41. The number of hydrogen-bond acceptors (Lipinski definition) is 9. The van der Waals surface area contributed by atoms with Gasteiger partial charge in [-0.15, -0.1) is 0 Å². The van der Waals surface area contributed by atoms with E-state index in [1.165, 1.54) is 0 Å². The van der Waals surface area contributed by atoms with Crippen molar-refractivity contribution in [2.45, 2.75) is 33.3 Å². The van der Waals surface area contributed by atoms with E-state index in [2.05, 4.69) is 75.5 Å². The van der Waals surface area contributed by atoms with Crippen molar-refractivity contribution in [1.82, 2.24) is 15.0 Å². The zero-order chi connectivity index (χ0) is 30.8. The summed E-state index contributed by atoms with van der Waals surface area (Å²) in [6.45, 7) is 14.8. The normalized spacial score (nSPS) is 14.3. The van der Waals surface area contributed by atoms with Crippen molar-refractivity contribution < 1.29 is 4.74 Å². The molecule has 0 radical (unpaired) electrons. The molecule has 0 unspecified atom stereocenters. The van der Waals surface area contributed by atoms with Crippen LogP contribution in [0, 0.1) is 13.8 Å². The van der Waals surface area contributed by atoms with Gasteiger partial charge >= 0.3 is 0 Å². The third-order valence-electron chi connectivity index (χ3n) is 7.59. The van der Waals surface area contributed by atoms with Gasteiger partial charge in [0.05, 0.1) is 52.4 Å². The molecule has 1 aliphatic rings. The van der Waals surface area contributed by atoms with Crippen LogP contribution in [0.2, 0.25) is 0 Å². The fourth-order valence-corrected chi connectivity index (χ4v) is 5.46. The van der Waals surface area contributed by atoms with Gasteiger partial charge in [-0.2, -0.15) is 0 Å². The van der Waals surface area contributed by atoms with Crippen molar-refractivity contribution in [3.8, 4) is 0 Å². The Hall–Kier alpha value is -5.15. The second kappa shape index (κ2) is 11.9. The number of hydrogen-bond donors (Lipinski definition) is 4. The van der Waals surface area contributed by atoms with E-state index in [-0.39, 0.29) is 5.60 Å². The van der Waals surface area contributed by atoms with Gasteiger partial charge in [0.15, 0.2) is 0 Å². The number of rotatable bonds is 8. The lowest BCUT2D eigenvalue weighted by Gasteiger charge is -2.39. The van der Waals surface area contributed by atoms with Gasteiger partial charge in [0.2, 0.25) is 0 Å². The van der Waals surface area contributed by atoms with E-state index < -0.39 is 0 Å². The molecule has 6 rings (SSSR count). The van der Waals surface area contributed by atoms with Gasteiger partial charge in [0.1, 0.15) is 0 Å². The Kier molecular flexibility index (Phi) is 7.80. The maximum absolute atomic E-state index is 6.37. The molecule has 3 aromatic heterocycles. The fraction of sp³-hybridized carbons (Fsp3) is 0.229. The molecule has 2 aromatic carbocycles. The van der Waals surface area contributed by atoms with Gasteiger partial charge in [0.25, 0.3) is 0 Å². The topological polar surface area (TPSA) is 113 Å². The molecule has 0 amide bonds. The summed E-state index contributed by atoms with van der Waals surface area (Å²) in [6, 6.07) is 22.1. The Labute approximate surface area is 258 Å². The number of anilines is 7. The third kappa shape index (κ3) is 6.58. The highest BCUT2D eigenvalue weighted by Gasteiger charge is 2.27. The highest BCUT2D eigenvalue weighted by atomic mass is 16.5. The molecule has 224 valence electrons. The lowest BCUT2D eigenvalue weighted by molar-refractivity contribution is -0.0276. The Balaban J connectivity index is 1.16. The Bertz CT molecular complexity index is 1830. The smallest absolute Gasteiger partial charge is 0.0859 e. The molecule has 0 bridgehead atoms. The first-order valence-corrected chi connectivity index (χ1v) is 14.7. The lowest BCUT2D eigenvalue weighted by atomic mass is 10.1. The summed E-state index contributed by atoms with van der Waals surface area (Å²) in [7, 11) is 0. The molecule has 5 aromatic rings. The summed E-state index contributed by atoms with van der Waals surface area (Å²) >= 11 is 0. The molecule has 1 saturated heterocycles. The van der Waals surface area contributed by atoms with Gasteiger partial charge < -0.3 is 31.3 Å². The molecule has 5 N–H and O–H groups in total. The average molecular weight is 587 g/mol. The monoisotopic (exact) mass is 586 g/mol. The molecule has 0 atom stereocenters. The molecule has 0 aliphatic carbocycles. The Morgan fingerprint density at radius 2 is 1.70 bits per heavy atom.